The molecule has 7 heteroatoms. The predicted molar refractivity (Wildman–Crippen MR) is 57.7 cm³/mol. The van der Waals surface area contributed by atoms with Crippen LogP contribution in [-0.4, -0.2) is 16.7 Å². The molecule has 0 aromatic carbocycles. The second kappa shape index (κ2) is 4.51. The summed E-state index contributed by atoms with van der Waals surface area (Å²) in [5.41, 5.74) is 11.4. The summed E-state index contributed by atoms with van der Waals surface area (Å²) in [6.07, 6.45) is 0. The van der Waals surface area contributed by atoms with Crippen molar-refractivity contribution in [2.75, 3.05) is 12.3 Å². The molecule has 14 heavy (non-hydrogen) atoms. The van der Waals surface area contributed by atoms with Crippen molar-refractivity contribution in [2.24, 2.45) is 5.73 Å². The Morgan fingerprint density at radius 2 is 1.86 bits per heavy atom. The average Bonchev–Trinajstić information content (AvgIpc) is 2.19. The van der Waals surface area contributed by atoms with Crippen molar-refractivity contribution in [3.63, 3.8) is 0 Å². The predicted octanol–water partition coefficient (Wildman–Crippen LogP) is 1.62. The van der Waals surface area contributed by atoms with Crippen molar-refractivity contribution >= 4 is 40.5 Å². The van der Waals surface area contributed by atoms with Crippen LogP contribution in [0.3, 0.4) is 0 Å². The zero-order chi connectivity index (χ0) is 10.9. The van der Waals surface area contributed by atoms with Gasteiger partial charge in [0.15, 0.2) is 0 Å². The molecule has 0 aliphatic carbocycles. The fourth-order valence-electron chi connectivity index (χ4n) is 0.882. The number of hydrogen-bond donors (Lipinski definition) is 3. The van der Waals surface area contributed by atoms with E-state index in [1.165, 1.54) is 0 Å². The summed E-state index contributed by atoms with van der Waals surface area (Å²) in [7, 11) is 0. The number of aromatic nitrogens is 1. The summed E-state index contributed by atoms with van der Waals surface area (Å²) < 4.78 is 0. The van der Waals surface area contributed by atoms with Crippen molar-refractivity contribution in [1.29, 1.82) is 0 Å². The Morgan fingerprint density at radius 1 is 1.29 bits per heavy atom. The number of hydrogen-bond acceptors (Lipinski definition) is 4. The van der Waals surface area contributed by atoms with E-state index in [1.54, 1.807) is 0 Å². The zero-order valence-corrected chi connectivity index (χ0v) is 9.24. The van der Waals surface area contributed by atoms with Gasteiger partial charge in [-0.15, -0.1) is 0 Å². The lowest BCUT2D eigenvalue weighted by atomic mass is 10.2. The molecular formula is C7H8Cl3N3O. The number of halogens is 3. The molecule has 0 aliphatic rings. The highest BCUT2D eigenvalue weighted by Gasteiger charge is 2.18. The van der Waals surface area contributed by atoms with E-state index >= 15 is 0 Å². The van der Waals surface area contributed by atoms with Gasteiger partial charge < -0.3 is 16.6 Å². The Labute approximate surface area is 95.8 Å². The quantitative estimate of drug-likeness (QED) is 0.702. The molecule has 1 atom stereocenters. The molecule has 0 saturated heterocycles. The first-order valence-electron chi connectivity index (χ1n) is 3.65. The lowest BCUT2D eigenvalue weighted by molar-refractivity contribution is 0.266. The number of nitrogen functional groups attached to an aromatic ring is 1. The van der Waals surface area contributed by atoms with Crippen LogP contribution < -0.4 is 11.5 Å². The first-order chi connectivity index (χ1) is 6.49. The molecule has 0 saturated carbocycles. The molecule has 0 aliphatic heterocycles. The van der Waals surface area contributed by atoms with E-state index < -0.39 is 6.04 Å². The third-order valence-electron chi connectivity index (χ3n) is 1.65. The molecule has 0 radical (unpaired) electrons. The standard InChI is InChI=1S/C7H8Cl3N3O/c8-3-5(12)4(9)7(10)13-6(3)2(11)1-14/h2,14H,1,11H2,(H2,12,13). The minimum atomic E-state index is -0.723. The Kier molecular flexibility index (Phi) is 3.80. The zero-order valence-electron chi connectivity index (χ0n) is 6.97. The van der Waals surface area contributed by atoms with E-state index in [1.807, 2.05) is 0 Å². The van der Waals surface area contributed by atoms with Crippen LogP contribution in [0, 0.1) is 0 Å². The van der Waals surface area contributed by atoms with Crippen LogP contribution in [-0.2, 0) is 0 Å². The monoisotopic (exact) mass is 255 g/mol. The number of aliphatic hydroxyl groups is 1. The fraction of sp³-hybridized carbons (Fsp3) is 0.286. The lowest BCUT2D eigenvalue weighted by Gasteiger charge is -2.12. The molecule has 78 valence electrons. The largest absolute Gasteiger partial charge is 0.396 e. The maximum absolute atomic E-state index is 8.82. The van der Waals surface area contributed by atoms with Crippen LogP contribution in [0.25, 0.3) is 0 Å². The Morgan fingerprint density at radius 3 is 2.36 bits per heavy atom. The van der Waals surface area contributed by atoms with E-state index in [0.717, 1.165) is 0 Å². The second-order valence-corrected chi connectivity index (χ2v) is 3.73. The molecule has 1 aromatic rings. The molecular weight excluding hydrogens is 248 g/mol. The normalized spacial score (nSPS) is 12.9. The summed E-state index contributed by atoms with van der Waals surface area (Å²) >= 11 is 17.2. The summed E-state index contributed by atoms with van der Waals surface area (Å²) in [5.74, 6) is 0. The topological polar surface area (TPSA) is 85.2 Å². The molecule has 5 N–H and O–H groups in total. The van der Waals surface area contributed by atoms with Crippen LogP contribution in [0.1, 0.15) is 11.7 Å². The SMILES string of the molecule is Nc1c(Cl)c(Cl)nc(C(N)CO)c1Cl. The number of nitrogens with zero attached hydrogens (tertiary/aromatic N) is 1. The van der Waals surface area contributed by atoms with Crippen LogP contribution >= 0.6 is 34.8 Å². The highest BCUT2D eigenvalue weighted by atomic mass is 35.5. The number of pyridine rings is 1. The minimum Gasteiger partial charge on any atom is -0.396 e. The Hall–Kier alpha value is -0.260. The average molecular weight is 257 g/mol. The van der Waals surface area contributed by atoms with Crippen LogP contribution in [0.5, 0.6) is 0 Å². The van der Waals surface area contributed by atoms with Crippen molar-refractivity contribution in [2.45, 2.75) is 6.04 Å². The van der Waals surface area contributed by atoms with Gasteiger partial charge in [0.05, 0.1) is 29.1 Å². The molecule has 0 amide bonds. The van der Waals surface area contributed by atoms with Crippen LogP contribution in [0.2, 0.25) is 15.2 Å². The molecule has 0 fully saturated rings. The van der Waals surface area contributed by atoms with Crippen molar-refractivity contribution < 1.29 is 5.11 Å². The van der Waals surface area contributed by atoms with Crippen molar-refractivity contribution in [3.8, 4) is 0 Å². The fourth-order valence-corrected chi connectivity index (χ4v) is 1.54. The molecule has 4 nitrogen and oxygen atoms in total. The minimum absolute atomic E-state index is 0.0208. The molecule has 1 rings (SSSR count). The van der Waals surface area contributed by atoms with Crippen molar-refractivity contribution in [1.82, 2.24) is 4.98 Å². The summed E-state index contributed by atoms with van der Waals surface area (Å²) in [4.78, 5) is 3.84. The Balaban J connectivity index is 3.33. The highest BCUT2D eigenvalue weighted by Crippen LogP contribution is 2.35. The number of anilines is 1. The van der Waals surface area contributed by atoms with Gasteiger partial charge in [-0.3, -0.25) is 0 Å². The van der Waals surface area contributed by atoms with Gasteiger partial charge in [-0.2, -0.15) is 0 Å². The maximum Gasteiger partial charge on any atom is 0.150 e. The lowest BCUT2D eigenvalue weighted by Crippen LogP contribution is -2.17. The highest BCUT2D eigenvalue weighted by molar-refractivity contribution is 6.45. The van der Waals surface area contributed by atoms with Crippen molar-refractivity contribution in [3.05, 3.63) is 20.9 Å². The summed E-state index contributed by atoms with van der Waals surface area (Å²) in [6, 6.07) is -0.723. The van der Waals surface area contributed by atoms with Gasteiger partial charge in [0, 0.05) is 0 Å². The van der Waals surface area contributed by atoms with Crippen LogP contribution in [0.4, 0.5) is 5.69 Å². The third-order valence-corrected chi connectivity index (χ3v) is 2.80. The van der Waals surface area contributed by atoms with Gasteiger partial charge in [-0.05, 0) is 0 Å². The van der Waals surface area contributed by atoms with Gasteiger partial charge in [0.25, 0.3) is 0 Å². The first kappa shape index (κ1) is 11.8. The van der Waals surface area contributed by atoms with E-state index in [-0.39, 0.29) is 33.2 Å². The van der Waals surface area contributed by atoms with Gasteiger partial charge >= 0.3 is 0 Å². The van der Waals surface area contributed by atoms with Gasteiger partial charge in [-0.25, -0.2) is 4.98 Å². The molecule has 0 spiro atoms. The number of nitrogens with two attached hydrogens (primary N) is 2. The summed E-state index contributed by atoms with van der Waals surface area (Å²) in [6.45, 7) is -0.301. The molecule has 0 bridgehead atoms. The second-order valence-electron chi connectivity index (χ2n) is 2.62. The third kappa shape index (κ3) is 2.04. The Bertz CT molecular complexity index is 359. The van der Waals surface area contributed by atoms with E-state index in [9.17, 15) is 0 Å². The molecule has 1 aromatic heterocycles. The molecule has 1 heterocycles. The van der Waals surface area contributed by atoms with Crippen LogP contribution in [0.15, 0.2) is 0 Å². The van der Waals surface area contributed by atoms with E-state index in [2.05, 4.69) is 4.98 Å². The molecule has 1 unspecified atom stereocenters. The summed E-state index contributed by atoms with van der Waals surface area (Å²) in [5, 5.41) is 9.06. The van der Waals surface area contributed by atoms with Gasteiger partial charge in [0.1, 0.15) is 10.2 Å². The van der Waals surface area contributed by atoms with E-state index in [4.69, 9.17) is 51.4 Å². The maximum atomic E-state index is 8.82. The number of aliphatic hydroxyl groups excluding tert-OH is 1. The smallest absolute Gasteiger partial charge is 0.150 e. The van der Waals surface area contributed by atoms with Gasteiger partial charge in [0.2, 0.25) is 0 Å². The first-order valence-corrected chi connectivity index (χ1v) is 4.78. The van der Waals surface area contributed by atoms with E-state index in [0.29, 0.717) is 0 Å². The van der Waals surface area contributed by atoms with Gasteiger partial charge in [-0.1, -0.05) is 34.8 Å². The number of rotatable bonds is 2.